The van der Waals surface area contributed by atoms with E-state index in [0.717, 1.165) is 5.56 Å². The molecule has 1 aliphatic heterocycles. The molecular weight excluding hydrogens is 345 g/mol. The monoisotopic (exact) mass is 361 g/mol. The third-order valence-electron chi connectivity index (χ3n) is 4.37. The number of benzene rings is 2. The Balaban J connectivity index is 1.66. The van der Waals surface area contributed by atoms with Gasteiger partial charge >= 0.3 is 0 Å². The van der Waals surface area contributed by atoms with E-state index in [9.17, 15) is 9.59 Å². The van der Waals surface area contributed by atoms with Crippen LogP contribution in [0.15, 0.2) is 48.5 Å². The molecule has 124 valence electrons. The maximum Gasteiger partial charge on any atom is 0.255 e. The number of ketones is 1. The average molecular weight is 362 g/mol. The number of halogens is 2. The predicted molar refractivity (Wildman–Crippen MR) is 95.9 cm³/mol. The summed E-state index contributed by atoms with van der Waals surface area (Å²) in [6.07, 6.45) is 1.33. The van der Waals surface area contributed by atoms with E-state index in [1.807, 2.05) is 30.3 Å². The number of hydrogen-bond donors (Lipinski definition) is 0. The zero-order chi connectivity index (χ0) is 17.1. The lowest BCUT2D eigenvalue weighted by Crippen LogP contribution is -2.40. The summed E-state index contributed by atoms with van der Waals surface area (Å²) in [5, 5.41) is 0.878. The second kappa shape index (κ2) is 7.37. The summed E-state index contributed by atoms with van der Waals surface area (Å²) in [7, 11) is 0. The lowest BCUT2D eigenvalue weighted by molar-refractivity contribution is 0.0650. The Kier molecular flexibility index (Phi) is 5.22. The zero-order valence-corrected chi connectivity index (χ0v) is 14.6. The molecule has 2 aromatic carbocycles. The van der Waals surface area contributed by atoms with Crippen molar-refractivity contribution in [1.82, 2.24) is 4.90 Å². The Morgan fingerprint density at radius 1 is 0.958 bits per heavy atom. The molecule has 1 fully saturated rings. The lowest BCUT2D eigenvalue weighted by atomic mass is 9.88. The molecule has 0 aliphatic carbocycles. The molecule has 0 atom stereocenters. The second-order valence-corrected chi connectivity index (χ2v) is 6.76. The van der Waals surface area contributed by atoms with Gasteiger partial charge in [0.25, 0.3) is 5.91 Å². The largest absolute Gasteiger partial charge is 0.339 e. The van der Waals surface area contributed by atoms with E-state index >= 15 is 0 Å². The summed E-state index contributed by atoms with van der Waals surface area (Å²) in [4.78, 5) is 26.9. The Morgan fingerprint density at radius 2 is 1.62 bits per heavy atom. The first-order valence-electron chi connectivity index (χ1n) is 7.90. The lowest BCUT2D eigenvalue weighted by Gasteiger charge is -2.31. The fourth-order valence-electron chi connectivity index (χ4n) is 3.01. The number of piperidine rings is 1. The number of Topliss-reactive ketones (excluding diaryl/α,β-unsaturated/α-hetero) is 1. The molecule has 3 nitrogen and oxygen atoms in total. The summed E-state index contributed by atoms with van der Waals surface area (Å²) in [6.45, 7) is 1.09. The molecule has 0 radical (unpaired) electrons. The molecule has 0 unspecified atom stereocenters. The molecule has 0 spiro atoms. The van der Waals surface area contributed by atoms with E-state index in [1.165, 1.54) is 0 Å². The van der Waals surface area contributed by atoms with Gasteiger partial charge in [-0.15, -0.1) is 0 Å². The second-order valence-electron chi connectivity index (χ2n) is 5.92. The van der Waals surface area contributed by atoms with Crippen molar-refractivity contribution in [2.24, 2.45) is 5.92 Å². The van der Waals surface area contributed by atoms with E-state index in [-0.39, 0.29) is 17.6 Å². The van der Waals surface area contributed by atoms with Crippen LogP contribution >= 0.6 is 23.2 Å². The fraction of sp³-hybridized carbons (Fsp3) is 0.263. The molecule has 0 N–H and O–H groups in total. The first kappa shape index (κ1) is 17.0. The molecule has 0 saturated carbocycles. The number of carbonyl (C=O) groups excluding carboxylic acids is 2. The van der Waals surface area contributed by atoms with Crippen LogP contribution in [0.3, 0.4) is 0 Å². The predicted octanol–water partition coefficient (Wildman–Crippen LogP) is 4.73. The zero-order valence-electron chi connectivity index (χ0n) is 13.0. The van der Waals surface area contributed by atoms with Gasteiger partial charge in [0.15, 0.2) is 5.78 Å². The van der Waals surface area contributed by atoms with Gasteiger partial charge < -0.3 is 4.90 Å². The van der Waals surface area contributed by atoms with Gasteiger partial charge in [0.1, 0.15) is 0 Å². The van der Waals surface area contributed by atoms with Crippen LogP contribution in [0, 0.1) is 5.92 Å². The third kappa shape index (κ3) is 3.63. The molecule has 1 amide bonds. The minimum absolute atomic E-state index is 0.0358. The van der Waals surface area contributed by atoms with Crippen molar-refractivity contribution in [3.8, 4) is 0 Å². The Morgan fingerprint density at radius 3 is 2.29 bits per heavy atom. The first-order valence-corrected chi connectivity index (χ1v) is 8.65. The SMILES string of the molecule is O=C(c1ccccc1)C1CCN(C(=O)c2cc(Cl)ccc2Cl)CC1. The van der Waals surface area contributed by atoms with E-state index < -0.39 is 0 Å². The molecule has 1 aliphatic rings. The quantitative estimate of drug-likeness (QED) is 0.741. The Bertz CT molecular complexity index is 753. The maximum absolute atomic E-state index is 12.6. The van der Waals surface area contributed by atoms with E-state index in [1.54, 1.807) is 23.1 Å². The standard InChI is InChI=1S/C19H17Cl2NO2/c20-15-6-7-17(21)16(12-15)19(24)22-10-8-14(9-11-22)18(23)13-4-2-1-3-5-13/h1-7,12,14H,8-11H2. The Labute approximate surface area is 151 Å². The summed E-state index contributed by atoms with van der Waals surface area (Å²) in [5.74, 6) is -0.0112. The first-order chi connectivity index (χ1) is 11.6. The molecule has 5 heteroatoms. The van der Waals surface area contributed by atoms with Crippen molar-refractivity contribution in [1.29, 1.82) is 0 Å². The maximum atomic E-state index is 12.6. The van der Waals surface area contributed by atoms with E-state index in [0.29, 0.717) is 41.5 Å². The van der Waals surface area contributed by atoms with Crippen molar-refractivity contribution in [2.45, 2.75) is 12.8 Å². The van der Waals surface area contributed by atoms with Crippen LogP contribution < -0.4 is 0 Å². The third-order valence-corrected chi connectivity index (χ3v) is 4.93. The minimum atomic E-state index is -0.131. The van der Waals surface area contributed by atoms with E-state index in [2.05, 4.69) is 0 Å². The number of carbonyl (C=O) groups is 2. The van der Waals surface area contributed by atoms with Gasteiger partial charge in [0, 0.05) is 29.6 Å². The normalized spacial score (nSPS) is 15.3. The van der Waals surface area contributed by atoms with Crippen LogP contribution in [-0.4, -0.2) is 29.7 Å². The van der Waals surface area contributed by atoms with Crippen LogP contribution in [-0.2, 0) is 0 Å². The summed E-state index contributed by atoms with van der Waals surface area (Å²) < 4.78 is 0. The van der Waals surface area contributed by atoms with Crippen molar-refractivity contribution in [2.75, 3.05) is 13.1 Å². The minimum Gasteiger partial charge on any atom is -0.339 e. The highest BCUT2D eigenvalue weighted by atomic mass is 35.5. The molecule has 1 saturated heterocycles. The Hall–Kier alpha value is -1.84. The van der Waals surface area contributed by atoms with Gasteiger partial charge in [-0.2, -0.15) is 0 Å². The molecular formula is C19H17Cl2NO2. The summed E-state index contributed by atoms with van der Waals surface area (Å²) >= 11 is 12.1. The van der Waals surface area contributed by atoms with Gasteiger partial charge in [-0.3, -0.25) is 9.59 Å². The number of likely N-dealkylation sites (tertiary alicyclic amines) is 1. The van der Waals surface area contributed by atoms with Crippen molar-refractivity contribution in [3.63, 3.8) is 0 Å². The number of amides is 1. The number of rotatable bonds is 3. The molecule has 0 bridgehead atoms. The topological polar surface area (TPSA) is 37.4 Å². The highest BCUT2D eigenvalue weighted by Gasteiger charge is 2.29. The summed E-state index contributed by atoms with van der Waals surface area (Å²) in [6, 6.07) is 14.2. The van der Waals surface area contributed by atoms with Gasteiger partial charge in [-0.05, 0) is 31.0 Å². The highest BCUT2D eigenvalue weighted by molar-refractivity contribution is 6.35. The van der Waals surface area contributed by atoms with Crippen LogP contribution in [0.5, 0.6) is 0 Å². The molecule has 24 heavy (non-hydrogen) atoms. The summed E-state index contributed by atoms with van der Waals surface area (Å²) in [5.41, 5.74) is 1.15. The molecule has 1 heterocycles. The van der Waals surface area contributed by atoms with Gasteiger partial charge in [-0.25, -0.2) is 0 Å². The van der Waals surface area contributed by atoms with Crippen LogP contribution in [0.4, 0.5) is 0 Å². The average Bonchev–Trinajstić information content (AvgIpc) is 2.63. The molecule has 3 rings (SSSR count). The van der Waals surface area contributed by atoms with Crippen LogP contribution in [0.1, 0.15) is 33.6 Å². The van der Waals surface area contributed by atoms with Crippen molar-refractivity contribution in [3.05, 3.63) is 69.7 Å². The molecule has 2 aromatic rings. The molecule has 0 aromatic heterocycles. The number of hydrogen-bond acceptors (Lipinski definition) is 2. The van der Waals surface area contributed by atoms with Gasteiger partial charge in [0.05, 0.1) is 10.6 Å². The van der Waals surface area contributed by atoms with Gasteiger partial charge in [-0.1, -0.05) is 53.5 Å². The van der Waals surface area contributed by atoms with Crippen molar-refractivity contribution >= 4 is 34.9 Å². The van der Waals surface area contributed by atoms with E-state index in [4.69, 9.17) is 23.2 Å². The van der Waals surface area contributed by atoms with Crippen molar-refractivity contribution < 1.29 is 9.59 Å². The number of nitrogens with zero attached hydrogens (tertiary/aromatic N) is 1. The van der Waals surface area contributed by atoms with Gasteiger partial charge in [0.2, 0.25) is 0 Å². The van der Waals surface area contributed by atoms with Crippen LogP contribution in [0.25, 0.3) is 0 Å². The van der Waals surface area contributed by atoms with Crippen LogP contribution in [0.2, 0.25) is 10.0 Å². The smallest absolute Gasteiger partial charge is 0.255 e. The fourth-order valence-corrected chi connectivity index (χ4v) is 3.39. The highest BCUT2D eigenvalue weighted by Crippen LogP contribution is 2.26.